The van der Waals surface area contributed by atoms with Crippen molar-refractivity contribution in [3.8, 4) is 0 Å². The fraction of sp³-hybridized carbons (Fsp3) is 0.700. The second-order valence-corrected chi connectivity index (χ2v) is 3.60. The first-order valence-corrected chi connectivity index (χ1v) is 5.35. The Morgan fingerprint density at radius 3 is 1.50 bits per heavy atom. The van der Waals surface area contributed by atoms with E-state index in [1.165, 1.54) is 0 Å². The van der Waals surface area contributed by atoms with Crippen molar-refractivity contribution in [3.63, 3.8) is 0 Å². The van der Waals surface area contributed by atoms with Crippen LogP contribution in [-0.2, 0) is 14.4 Å². The minimum Gasteiger partial charge on any atom is -0.550 e. The quantitative estimate of drug-likeness (QED) is 0.208. The Labute approximate surface area is 170 Å². The minimum atomic E-state index is -1.79. The van der Waals surface area contributed by atoms with Crippen LogP contribution in [0.15, 0.2) is 0 Å². The van der Waals surface area contributed by atoms with E-state index in [9.17, 15) is 24.6 Å². The van der Waals surface area contributed by atoms with Crippen molar-refractivity contribution in [2.45, 2.75) is 37.3 Å². The zero-order valence-corrected chi connectivity index (χ0v) is 16.3. The van der Waals surface area contributed by atoms with Crippen molar-refractivity contribution >= 4 is 18.2 Å². The molecule has 0 aromatic rings. The molecule has 0 spiro atoms. The van der Waals surface area contributed by atoms with E-state index in [0.29, 0.717) is 0 Å². The molecule has 0 aliphatic rings. The Balaban J connectivity index is -0.000000144. The number of carbonyl (C=O) groups excluding carboxylic acids is 3. The van der Waals surface area contributed by atoms with E-state index in [-0.39, 0.29) is 65.4 Å². The maximum atomic E-state index is 9.90. The van der Waals surface area contributed by atoms with Gasteiger partial charge in [0.05, 0.1) is 6.61 Å². The second-order valence-electron chi connectivity index (χ2n) is 3.60. The summed E-state index contributed by atoms with van der Waals surface area (Å²) >= 11 is 0. The second kappa shape index (κ2) is 17.8. The predicted molar refractivity (Wildman–Crippen MR) is 56.4 cm³/mol. The van der Waals surface area contributed by atoms with Gasteiger partial charge < -0.3 is 50.1 Å². The van der Waals surface area contributed by atoms with Gasteiger partial charge in [-0.05, 0) is 12.8 Å². The maximum Gasteiger partial charge on any atom is 1.00 e. The van der Waals surface area contributed by atoms with Crippen molar-refractivity contribution in [2.75, 3.05) is 6.61 Å². The van der Waals surface area contributed by atoms with Crippen LogP contribution < -0.4 is 69.3 Å². The summed E-state index contributed by atoms with van der Waals surface area (Å²) in [7, 11) is 0. The molecular formula is C10H16Na2O10. The zero-order valence-electron chi connectivity index (χ0n) is 12.3. The molecule has 22 heavy (non-hydrogen) atoms. The van der Waals surface area contributed by atoms with Crippen LogP contribution in [-0.4, -0.2) is 74.8 Å². The fourth-order valence-corrected chi connectivity index (χ4v) is 0.822. The molecule has 5 N–H and O–H groups in total. The van der Waals surface area contributed by atoms with E-state index >= 15 is 0 Å². The van der Waals surface area contributed by atoms with Gasteiger partial charge in [-0.25, -0.2) is 0 Å². The van der Waals surface area contributed by atoms with Gasteiger partial charge in [-0.3, -0.25) is 0 Å². The molecule has 0 saturated heterocycles. The van der Waals surface area contributed by atoms with Crippen LogP contribution in [0.3, 0.4) is 0 Å². The molecule has 0 radical (unpaired) electrons. The van der Waals surface area contributed by atoms with Crippen molar-refractivity contribution in [3.05, 3.63) is 0 Å². The van der Waals surface area contributed by atoms with Crippen LogP contribution in [0.25, 0.3) is 0 Å². The first kappa shape index (κ1) is 30.3. The van der Waals surface area contributed by atoms with Crippen LogP contribution in [0, 0.1) is 0 Å². The van der Waals surface area contributed by atoms with Crippen LogP contribution in [0.2, 0.25) is 0 Å². The molecule has 4 unspecified atom stereocenters. The summed E-state index contributed by atoms with van der Waals surface area (Å²) in [6.45, 7) is -0.760. The van der Waals surface area contributed by atoms with Crippen molar-refractivity contribution in [1.82, 2.24) is 0 Å². The molecule has 0 fully saturated rings. The smallest absolute Gasteiger partial charge is 0.550 e. The molecular weight excluding hydrogens is 326 g/mol. The molecule has 0 aromatic carbocycles. The third kappa shape index (κ3) is 16.8. The van der Waals surface area contributed by atoms with Crippen LogP contribution >= 0.6 is 0 Å². The standard InChI is InChI=1S/C6H12O6.C4H6O4.2Na/c7-1-3(9)5(11)6(12)4(10)2-8;5-3(6)1-2-4(7)8;;/h1,3-6,8-12H,2H2;1-2H2,(H,5,6)(H,7,8);;/q;;2*+1/p-2. The Morgan fingerprint density at radius 1 is 0.909 bits per heavy atom. The Kier molecular flexibility index (Phi) is 24.5. The van der Waals surface area contributed by atoms with E-state index in [4.69, 9.17) is 25.5 Å². The largest absolute Gasteiger partial charge is 1.00 e. The Morgan fingerprint density at radius 2 is 1.27 bits per heavy atom. The number of carbonyl (C=O) groups is 3. The number of aldehydes is 1. The molecule has 0 bridgehead atoms. The Hall–Kier alpha value is 0.410. The van der Waals surface area contributed by atoms with Gasteiger partial charge in [-0.15, -0.1) is 0 Å². The van der Waals surface area contributed by atoms with E-state index in [2.05, 4.69) is 0 Å². The molecule has 4 atom stereocenters. The van der Waals surface area contributed by atoms with Gasteiger partial charge in [0, 0.05) is 11.9 Å². The average Bonchev–Trinajstić information content (AvgIpc) is 2.42. The van der Waals surface area contributed by atoms with Gasteiger partial charge in [0.2, 0.25) is 0 Å². The average molecular weight is 342 g/mol. The molecule has 0 aliphatic carbocycles. The van der Waals surface area contributed by atoms with Crippen molar-refractivity contribution in [1.29, 1.82) is 0 Å². The maximum absolute atomic E-state index is 9.90. The van der Waals surface area contributed by atoms with Gasteiger partial charge in [-0.2, -0.15) is 0 Å². The molecule has 0 aromatic heterocycles. The molecule has 12 heteroatoms. The number of carboxylic acid groups (broad SMARTS) is 2. The third-order valence-electron chi connectivity index (χ3n) is 1.95. The third-order valence-corrected chi connectivity index (χ3v) is 1.95. The first-order chi connectivity index (χ1) is 9.17. The van der Waals surface area contributed by atoms with Gasteiger partial charge in [0.1, 0.15) is 24.4 Å². The summed E-state index contributed by atoms with van der Waals surface area (Å²) in [4.78, 5) is 28.9. The van der Waals surface area contributed by atoms with Crippen LogP contribution in [0.4, 0.5) is 0 Å². The molecule has 0 amide bonds. The zero-order chi connectivity index (χ0) is 16.3. The topological polar surface area (TPSA) is 198 Å². The number of aliphatic hydroxyl groups is 5. The van der Waals surface area contributed by atoms with Gasteiger partial charge >= 0.3 is 59.1 Å². The number of rotatable bonds is 8. The number of aliphatic hydroxyl groups excluding tert-OH is 5. The minimum absolute atomic E-state index is 0. The van der Waals surface area contributed by atoms with E-state index in [1.54, 1.807) is 0 Å². The molecule has 0 aliphatic heterocycles. The summed E-state index contributed by atoms with van der Waals surface area (Å²) in [6.07, 6.45) is -7.78. The molecule has 118 valence electrons. The number of aliphatic carboxylic acids is 2. The van der Waals surface area contributed by atoms with E-state index in [1.807, 2.05) is 0 Å². The Bertz CT molecular complexity index is 300. The number of carboxylic acids is 2. The SMILES string of the molecule is O=C([O-])CCC(=O)[O-].O=CC(O)C(O)C(O)C(O)CO.[Na+].[Na+]. The van der Waals surface area contributed by atoms with Gasteiger partial charge in [-0.1, -0.05) is 0 Å². The van der Waals surface area contributed by atoms with E-state index < -0.39 is 55.8 Å². The van der Waals surface area contributed by atoms with Gasteiger partial charge in [0.25, 0.3) is 0 Å². The summed E-state index contributed by atoms with van der Waals surface area (Å²) in [5.74, 6) is -2.73. The number of hydrogen-bond acceptors (Lipinski definition) is 10. The summed E-state index contributed by atoms with van der Waals surface area (Å²) in [6, 6.07) is 0. The predicted octanol–water partition coefficient (Wildman–Crippen LogP) is -12.1. The normalized spacial score (nSPS) is 14.6. The van der Waals surface area contributed by atoms with Gasteiger partial charge in [0.15, 0.2) is 6.29 Å². The van der Waals surface area contributed by atoms with Crippen molar-refractivity contribution < 1.29 is 109 Å². The monoisotopic (exact) mass is 342 g/mol. The van der Waals surface area contributed by atoms with Crippen molar-refractivity contribution in [2.24, 2.45) is 0 Å². The summed E-state index contributed by atoms with van der Waals surface area (Å²) < 4.78 is 0. The summed E-state index contributed by atoms with van der Waals surface area (Å²) in [5.41, 5.74) is 0. The van der Waals surface area contributed by atoms with Crippen LogP contribution in [0.5, 0.6) is 0 Å². The molecule has 0 heterocycles. The first-order valence-electron chi connectivity index (χ1n) is 5.35. The fourth-order valence-electron chi connectivity index (χ4n) is 0.822. The molecule has 0 rings (SSSR count). The molecule has 0 saturated carbocycles. The van der Waals surface area contributed by atoms with E-state index in [0.717, 1.165) is 0 Å². The molecule has 10 nitrogen and oxygen atoms in total. The summed E-state index contributed by atoms with van der Waals surface area (Å²) in [5, 5.41) is 62.5. The van der Waals surface area contributed by atoms with Crippen LogP contribution in [0.1, 0.15) is 12.8 Å². The number of hydrogen-bond donors (Lipinski definition) is 5.